The highest BCUT2D eigenvalue weighted by Gasteiger charge is 2.15. The predicted octanol–water partition coefficient (Wildman–Crippen LogP) is 2.92. The zero-order valence-electron chi connectivity index (χ0n) is 11.9. The van der Waals surface area contributed by atoms with E-state index in [0.717, 1.165) is 17.8 Å². The molecule has 3 aromatic heterocycles. The minimum absolute atomic E-state index is 0.161. The lowest BCUT2D eigenvalue weighted by atomic mass is 10.2. The summed E-state index contributed by atoms with van der Waals surface area (Å²) in [4.78, 5) is 10.8. The first-order valence-electron chi connectivity index (χ1n) is 6.69. The average molecular weight is 284 g/mol. The molecule has 0 aliphatic carbocycles. The maximum atomic E-state index is 5.27. The van der Waals surface area contributed by atoms with E-state index in [2.05, 4.69) is 26.9 Å². The van der Waals surface area contributed by atoms with Crippen LogP contribution in [-0.4, -0.2) is 27.1 Å². The van der Waals surface area contributed by atoms with E-state index in [0.29, 0.717) is 11.6 Å². The lowest BCUT2D eigenvalue weighted by molar-refractivity contribution is 0.240. The lowest BCUT2D eigenvalue weighted by Crippen LogP contribution is -2.22. The van der Waals surface area contributed by atoms with E-state index in [1.54, 1.807) is 12.5 Å². The molecule has 0 aliphatic heterocycles. The van der Waals surface area contributed by atoms with Crippen molar-refractivity contribution in [2.24, 2.45) is 0 Å². The van der Waals surface area contributed by atoms with Gasteiger partial charge in [-0.15, -0.1) is 0 Å². The normalized spacial score (nSPS) is 12.7. The molecule has 0 N–H and O–H groups in total. The van der Waals surface area contributed by atoms with E-state index in [-0.39, 0.29) is 6.04 Å². The quantitative estimate of drug-likeness (QED) is 0.717. The van der Waals surface area contributed by atoms with Gasteiger partial charge in [-0.05, 0) is 26.1 Å². The molecule has 1 unspecified atom stereocenters. The van der Waals surface area contributed by atoms with Crippen molar-refractivity contribution in [2.75, 3.05) is 7.05 Å². The summed E-state index contributed by atoms with van der Waals surface area (Å²) in [5.74, 6) is 1.27. The standard InChI is InChI=1S/C15H16N4O2/c1-11(13-5-7-21-18-13)19(2)10-12-8-16-15(17-9-12)14-4-3-6-20-14/h3-9,11H,10H2,1-2H3. The molecule has 0 saturated carbocycles. The van der Waals surface area contributed by atoms with Crippen LogP contribution in [-0.2, 0) is 6.54 Å². The molecule has 21 heavy (non-hydrogen) atoms. The van der Waals surface area contributed by atoms with Crippen LogP contribution in [0, 0.1) is 0 Å². The van der Waals surface area contributed by atoms with Crippen LogP contribution in [0.4, 0.5) is 0 Å². The molecule has 6 nitrogen and oxygen atoms in total. The second kappa shape index (κ2) is 5.88. The summed E-state index contributed by atoms with van der Waals surface area (Å²) in [6.45, 7) is 2.81. The van der Waals surface area contributed by atoms with E-state index in [1.807, 2.05) is 37.6 Å². The molecule has 3 rings (SSSR count). The van der Waals surface area contributed by atoms with Crippen LogP contribution in [0.15, 0.2) is 52.1 Å². The molecule has 0 aliphatic rings. The lowest BCUT2D eigenvalue weighted by Gasteiger charge is -2.22. The zero-order valence-corrected chi connectivity index (χ0v) is 11.9. The van der Waals surface area contributed by atoms with Crippen molar-refractivity contribution in [3.8, 4) is 11.6 Å². The van der Waals surface area contributed by atoms with Crippen molar-refractivity contribution < 1.29 is 8.94 Å². The molecule has 0 amide bonds. The third kappa shape index (κ3) is 3.00. The molecule has 6 heteroatoms. The summed E-state index contributed by atoms with van der Waals surface area (Å²) in [5, 5.41) is 3.97. The fourth-order valence-electron chi connectivity index (χ4n) is 2.06. The van der Waals surface area contributed by atoms with Gasteiger partial charge in [0.15, 0.2) is 11.6 Å². The third-order valence-corrected chi connectivity index (χ3v) is 3.43. The van der Waals surface area contributed by atoms with E-state index in [4.69, 9.17) is 8.94 Å². The van der Waals surface area contributed by atoms with Gasteiger partial charge in [-0.2, -0.15) is 0 Å². The van der Waals surface area contributed by atoms with Gasteiger partial charge >= 0.3 is 0 Å². The predicted molar refractivity (Wildman–Crippen MR) is 76.1 cm³/mol. The minimum atomic E-state index is 0.161. The average Bonchev–Trinajstić information content (AvgIpc) is 3.20. The molecule has 3 heterocycles. The van der Waals surface area contributed by atoms with Gasteiger partial charge in [-0.1, -0.05) is 5.16 Å². The second-order valence-corrected chi connectivity index (χ2v) is 4.91. The zero-order chi connectivity index (χ0) is 14.7. The van der Waals surface area contributed by atoms with Crippen molar-refractivity contribution >= 4 is 0 Å². The summed E-state index contributed by atoms with van der Waals surface area (Å²) < 4.78 is 10.2. The van der Waals surface area contributed by atoms with Gasteiger partial charge in [0.2, 0.25) is 0 Å². The molecule has 0 spiro atoms. The Bertz CT molecular complexity index is 662. The fraction of sp³-hybridized carbons (Fsp3) is 0.267. The monoisotopic (exact) mass is 284 g/mol. The maximum Gasteiger partial charge on any atom is 0.195 e. The van der Waals surface area contributed by atoms with Gasteiger partial charge in [-0.25, -0.2) is 9.97 Å². The molecule has 0 radical (unpaired) electrons. The Morgan fingerprint density at radius 3 is 2.62 bits per heavy atom. The minimum Gasteiger partial charge on any atom is -0.461 e. The van der Waals surface area contributed by atoms with Crippen molar-refractivity contribution in [3.63, 3.8) is 0 Å². The summed E-state index contributed by atoms with van der Waals surface area (Å²) in [5.41, 5.74) is 1.94. The summed E-state index contributed by atoms with van der Waals surface area (Å²) in [6, 6.07) is 5.69. The SMILES string of the molecule is CC(c1ccon1)N(C)Cc1cnc(-c2ccco2)nc1. The topological polar surface area (TPSA) is 68.2 Å². The van der Waals surface area contributed by atoms with Crippen molar-refractivity contribution in [1.29, 1.82) is 0 Å². The van der Waals surface area contributed by atoms with Crippen LogP contribution in [0.1, 0.15) is 24.2 Å². The number of rotatable bonds is 5. The molecule has 108 valence electrons. The van der Waals surface area contributed by atoms with Crippen LogP contribution in [0.5, 0.6) is 0 Å². The Balaban J connectivity index is 1.68. The van der Waals surface area contributed by atoms with E-state index in [1.165, 1.54) is 0 Å². The van der Waals surface area contributed by atoms with Gasteiger partial charge in [-0.3, -0.25) is 4.90 Å². The Hall–Kier alpha value is -2.47. The molecule has 3 aromatic rings. The van der Waals surface area contributed by atoms with Crippen molar-refractivity contribution in [1.82, 2.24) is 20.0 Å². The van der Waals surface area contributed by atoms with Crippen LogP contribution in [0.25, 0.3) is 11.6 Å². The smallest absolute Gasteiger partial charge is 0.195 e. The number of furan rings is 1. The fourth-order valence-corrected chi connectivity index (χ4v) is 2.06. The molecular formula is C15H16N4O2. The van der Waals surface area contributed by atoms with Crippen molar-refractivity contribution in [2.45, 2.75) is 19.5 Å². The number of hydrogen-bond donors (Lipinski definition) is 0. The molecule has 1 atom stereocenters. The molecule has 0 fully saturated rings. The van der Waals surface area contributed by atoms with Crippen molar-refractivity contribution in [3.05, 3.63) is 54.4 Å². The highest BCUT2D eigenvalue weighted by Crippen LogP contribution is 2.19. The summed E-state index contributed by atoms with van der Waals surface area (Å²) in [6.07, 6.45) is 6.83. The van der Waals surface area contributed by atoms with E-state index in [9.17, 15) is 0 Å². The number of hydrogen-bond acceptors (Lipinski definition) is 6. The molecule has 0 saturated heterocycles. The molecular weight excluding hydrogens is 268 g/mol. The van der Waals surface area contributed by atoms with Crippen LogP contribution >= 0.6 is 0 Å². The Kier molecular flexibility index (Phi) is 3.79. The maximum absolute atomic E-state index is 5.27. The van der Waals surface area contributed by atoms with Crippen LogP contribution in [0.3, 0.4) is 0 Å². The Labute approximate surface area is 122 Å². The van der Waals surface area contributed by atoms with Crippen LogP contribution in [0.2, 0.25) is 0 Å². The first-order chi connectivity index (χ1) is 10.2. The number of aromatic nitrogens is 3. The van der Waals surface area contributed by atoms with Gasteiger partial charge in [0, 0.05) is 30.6 Å². The third-order valence-electron chi connectivity index (χ3n) is 3.43. The first kappa shape index (κ1) is 13.5. The van der Waals surface area contributed by atoms with Crippen LogP contribution < -0.4 is 0 Å². The molecule has 0 aromatic carbocycles. The van der Waals surface area contributed by atoms with E-state index < -0.39 is 0 Å². The van der Waals surface area contributed by atoms with Gasteiger partial charge in [0.1, 0.15) is 12.0 Å². The van der Waals surface area contributed by atoms with Gasteiger partial charge in [0.05, 0.1) is 12.3 Å². The number of nitrogens with zero attached hydrogens (tertiary/aromatic N) is 4. The highest BCUT2D eigenvalue weighted by molar-refractivity contribution is 5.45. The van der Waals surface area contributed by atoms with Gasteiger partial charge < -0.3 is 8.94 Å². The highest BCUT2D eigenvalue weighted by atomic mass is 16.5. The summed E-state index contributed by atoms with van der Waals surface area (Å²) >= 11 is 0. The summed E-state index contributed by atoms with van der Waals surface area (Å²) in [7, 11) is 2.03. The first-order valence-corrected chi connectivity index (χ1v) is 6.69. The Morgan fingerprint density at radius 2 is 2.00 bits per heavy atom. The molecule has 0 bridgehead atoms. The van der Waals surface area contributed by atoms with Gasteiger partial charge in [0.25, 0.3) is 0 Å². The second-order valence-electron chi connectivity index (χ2n) is 4.91. The largest absolute Gasteiger partial charge is 0.461 e. The Morgan fingerprint density at radius 1 is 1.19 bits per heavy atom. The van der Waals surface area contributed by atoms with E-state index >= 15 is 0 Å².